The average molecular weight is 477 g/mol. The Bertz CT molecular complexity index is 1170. The lowest BCUT2D eigenvalue weighted by Crippen LogP contribution is -2.39. The number of sulfonamides is 1. The smallest absolute Gasteiger partial charge is 0.255 e. The maximum Gasteiger partial charge on any atom is 0.255 e. The van der Waals surface area contributed by atoms with Gasteiger partial charge in [-0.15, -0.1) is 0 Å². The predicted molar refractivity (Wildman–Crippen MR) is 120 cm³/mol. The summed E-state index contributed by atoms with van der Waals surface area (Å²) in [5.41, 5.74) is 3.53. The van der Waals surface area contributed by atoms with E-state index in [1.165, 1.54) is 24.4 Å². The topological polar surface area (TPSA) is 91.7 Å². The van der Waals surface area contributed by atoms with Gasteiger partial charge >= 0.3 is 0 Å². The van der Waals surface area contributed by atoms with Crippen LogP contribution in [0, 0.1) is 0 Å². The molecule has 0 aliphatic rings. The van der Waals surface area contributed by atoms with Gasteiger partial charge in [-0.3, -0.25) is 9.78 Å². The lowest BCUT2D eigenvalue weighted by molar-refractivity contribution is -0.121. The van der Waals surface area contributed by atoms with Gasteiger partial charge in [0.1, 0.15) is 0 Å². The van der Waals surface area contributed by atoms with Crippen molar-refractivity contribution in [3.8, 4) is 0 Å². The van der Waals surface area contributed by atoms with Crippen molar-refractivity contribution >= 4 is 45.3 Å². The van der Waals surface area contributed by atoms with Gasteiger partial charge in [0.25, 0.3) is 5.91 Å². The molecule has 0 fully saturated rings. The van der Waals surface area contributed by atoms with Gasteiger partial charge in [0.15, 0.2) is 0 Å². The molecule has 0 saturated heterocycles. The first kappa shape index (κ1) is 22.9. The summed E-state index contributed by atoms with van der Waals surface area (Å²) >= 11 is 12.2. The summed E-state index contributed by atoms with van der Waals surface area (Å²) in [6, 6.07) is 16.1. The van der Waals surface area contributed by atoms with Gasteiger partial charge in [-0.25, -0.2) is 13.8 Å². The average Bonchev–Trinajstić information content (AvgIpc) is 2.76. The van der Waals surface area contributed by atoms with Crippen molar-refractivity contribution in [1.29, 1.82) is 0 Å². The van der Waals surface area contributed by atoms with Crippen molar-refractivity contribution in [1.82, 2.24) is 14.7 Å². The number of nitrogens with zero attached hydrogens (tertiary/aromatic N) is 3. The zero-order valence-corrected chi connectivity index (χ0v) is 18.5. The van der Waals surface area contributed by atoms with Crippen molar-refractivity contribution in [2.75, 3.05) is 6.54 Å². The van der Waals surface area contributed by atoms with E-state index >= 15 is 0 Å². The third-order valence-corrected chi connectivity index (χ3v) is 6.54. The molecule has 2 aromatic carbocycles. The highest BCUT2D eigenvalue weighted by molar-refractivity contribution is 7.89. The molecule has 1 N–H and O–H groups in total. The Kier molecular flexibility index (Phi) is 7.75. The Morgan fingerprint density at radius 3 is 2.55 bits per heavy atom. The minimum atomic E-state index is -3.98. The van der Waals surface area contributed by atoms with E-state index in [0.29, 0.717) is 21.2 Å². The number of hydrogen-bond acceptors (Lipinski definition) is 5. The largest absolute Gasteiger partial charge is 0.272 e. The van der Waals surface area contributed by atoms with E-state index in [9.17, 15) is 13.2 Å². The number of amides is 1. The molecule has 160 valence electrons. The molecule has 1 heterocycles. The van der Waals surface area contributed by atoms with Crippen LogP contribution in [-0.2, 0) is 21.4 Å². The van der Waals surface area contributed by atoms with Crippen LogP contribution in [0.5, 0.6) is 0 Å². The molecule has 0 aliphatic carbocycles. The molecule has 1 aromatic heterocycles. The van der Waals surface area contributed by atoms with Crippen molar-refractivity contribution in [3.63, 3.8) is 0 Å². The second kappa shape index (κ2) is 10.5. The zero-order valence-electron chi connectivity index (χ0n) is 16.2. The number of rotatable bonds is 8. The Balaban J connectivity index is 1.81. The van der Waals surface area contributed by atoms with Gasteiger partial charge in [0.05, 0.1) is 17.7 Å². The number of hydrazone groups is 1. The van der Waals surface area contributed by atoms with Gasteiger partial charge in [-0.2, -0.15) is 9.41 Å². The van der Waals surface area contributed by atoms with Crippen molar-refractivity contribution in [2.24, 2.45) is 5.10 Å². The molecule has 3 aromatic rings. The fourth-order valence-corrected chi connectivity index (χ4v) is 4.50. The lowest BCUT2D eigenvalue weighted by Gasteiger charge is -2.22. The molecule has 0 atom stereocenters. The Hall–Kier alpha value is -2.78. The van der Waals surface area contributed by atoms with Crippen molar-refractivity contribution < 1.29 is 13.2 Å². The first-order chi connectivity index (χ1) is 14.9. The Morgan fingerprint density at radius 2 is 1.87 bits per heavy atom. The SMILES string of the molecule is O=C(CN(Cc1ccc(Cl)cc1Cl)S(=O)(=O)c1ccccc1)N/N=C\c1cccnc1. The highest BCUT2D eigenvalue weighted by Crippen LogP contribution is 2.25. The normalized spacial score (nSPS) is 11.7. The van der Waals surface area contributed by atoms with E-state index in [-0.39, 0.29) is 11.4 Å². The highest BCUT2D eigenvalue weighted by atomic mass is 35.5. The number of halogens is 2. The zero-order chi connectivity index (χ0) is 22.3. The molecule has 0 bridgehead atoms. The van der Waals surface area contributed by atoms with Crippen LogP contribution < -0.4 is 5.43 Å². The van der Waals surface area contributed by atoms with Crippen LogP contribution in [-0.4, -0.2) is 36.4 Å². The molecule has 0 unspecified atom stereocenters. The number of carbonyl (C=O) groups excluding carboxylic acids is 1. The quantitative estimate of drug-likeness (QED) is 0.396. The number of benzene rings is 2. The van der Waals surface area contributed by atoms with E-state index in [2.05, 4.69) is 15.5 Å². The maximum absolute atomic E-state index is 13.2. The third-order valence-electron chi connectivity index (χ3n) is 4.15. The van der Waals surface area contributed by atoms with Gasteiger partial charge in [0.2, 0.25) is 10.0 Å². The minimum Gasteiger partial charge on any atom is -0.272 e. The van der Waals surface area contributed by atoms with Gasteiger partial charge in [-0.1, -0.05) is 53.5 Å². The molecule has 31 heavy (non-hydrogen) atoms. The van der Waals surface area contributed by atoms with Crippen LogP contribution in [0.25, 0.3) is 0 Å². The van der Waals surface area contributed by atoms with Crippen LogP contribution in [0.3, 0.4) is 0 Å². The number of pyridine rings is 1. The van der Waals surface area contributed by atoms with E-state index in [0.717, 1.165) is 4.31 Å². The number of carbonyl (C=O) groups is 1. The van der Waals surface area contributed by atoms with Crippen LogP contribution in [0.1, 0.15) is 11.1 Å². The summed E-state index contributed by atoms with van der Waals surface area (Å²) in [6.45, 7) is -0.576. The second-order valence-corrected chi connectivity index (χ2v) is 9.18. The monoisotopic (exact) mass is 476 g/mol. The van der Waals surface area contributed by atoms with E-state index < -0.39 is 22.5 Å². The van der Waals surface area contributed by atoms with E-state index in [4.69, 9.17) is 23.2 Å². The standard InChI is InChI=1S/C21H18Cl2N4O3S/c22-18-9-8-17(20(23)11-18)14-27(31(29,30)19-6-2-1-3-7-19)15-21(28)26-25-13-16-5-4-10-24-12-16/h1-13H,14-15H2,(H,26,28)/b25-13-. The Morgan fingerprint density at radius 1 is 1.10 bits per heavy atom. The fourth-order valence-electron chi connectivity index (χ4n) is 2.63. The molecule has 3 rings (SSSR count). The van der Waals surface area contributed by atoms with Crippen molar-refractivity contribution in [3.05, 3.63) is 94.2 Å². The number of nitrogens with one attached hydrogen (secondary N) is 1. The van der Waals surface area contributed by atoms with Gasteiger partial charge in [-0.05, 0) is 35.9 Å². The van der Waals surface area contributed by atoms with Crippen LogP contribution in [0.4, 0.5) is 0 Å². The van der Waals surface area contributed by atoms with Crippen molar-refractivity contribution in [2.45, 2.75) is 11.4 Å². The van der Waals surface area contributed by atoms with E-state index in [1.54, 1.807) is 54.9 Å². The molecule has 1 amide bonds. The first-order valence-corrected chi connectivity index (χ1v) is 11.3. The van der Waals surface area contributed by atoms with Crippen LogP contribution in [0.2, 0.25) is 10.0 Å². The summed E-state index contributed by atoms with van der Waals surface area (Å²) in [5, 5.41) is 4.58. The van der Waals surface area contributed by atoms with E-state index in [1.807, 2.05) is 0 Å². The summed E-state index contributed by atoms with van der Waals surface area (Å²) in [4.78, 5) is 16.5. The summed E-state index contributed by atoms with van der Waals surface area (Å²) in [7, 11) is -3.98. The Labute approximate surface area is 190 Å². The molecule has 0 radical (unpaired) electrons. The lowest BCUT2D eigenvalue weighted by atomic mass is 10.2. The van der Waals surface area contributed by atoms with Gasteiger partial charge < -0.3 is 0 Å². The third kappa shape index (κ3) is 6.35. The molecular formula is C21H18Cl2N4O3S. The summed E-state index contributed by atoms with van der Waals surface area (Å²) in [5.74, 6) is -0.607. The van der Waals surface area contributed by atoms with Gasteiger partial charge in [0, 0.05) is 34.5 Å². The first-order valence-electron chi connectivity index (χ1n) is 9.07. The molecule has 0 saturated carbocycles. The number of aromatic nitrogens is 1. The molecular weight excluding hydrogens is 459 g/mol. The molecule has 10 heteroatoms. The van der Waals surface area contributed by atoms with Crippen LogP contribution >= 0.6 is 23.2 Å². The molecule has 0 spiro atoms. The molecule has 7 nitrogen and oxygen atoms in total. The minimum absolute atomic E-state index is 0.0618. The predicted octanol–water partition coefficient (Wildman–Crippen LogP) is 3.73. The maximum atomic E-state index is 13.2. The number of hydrogen-bond donors (Lipinski definition) is 1. The molecule has 0 aliphatic heterocycles. The summed E-state index contributed by atoms with van der Waals surface area (Å²) < 4.78 is 27.4. The fraction of sp³-hybridized carbons (Fsp3) is 0.0952. The van der Waals surface area contributed by atoms with Crippen LogP contribution in [0.15, 0.2) is 83.1 Å². The summed E-state index contributed by atoms with van der Waals surface area (Å²) in [6.07, 6.45) is 4.60. The second-order valence-electron chi connectivity index (χ2n) is 6.40. The highest BCUT2D eigenvalue weighted by Gasteiger charge is 2.27.